The molecule has 5 nitrogen and oxygen atoms in total. The maximum absolute atomic E-state index is 11.3. The Morgan fingerprint density at radius 3 is 1.56 bits per heavy atom. The van der Waals surface area contributed by atoms with Gasteiger partial charge < -0.3 is 0 Å². The third-order valence-electron chi connectivity index (χ3n) is 1.67. The average Bonchev–Trinajstić information content (AvgIpc) is 2.24. The molecule has 0 saturated carbocycles. The molecule has 0 spiro atoms. The summed E-state index contributed by atoms with van der Waals surface area (Å²) in [5.41, 5.74) is -1.39. The SMILES string of the molecule is CC(C)(C#N)CO[P+](=O)OCC(C)(C)C#N. The molecule has 0 fully saturated rings. The largest absolute Gasteiger partial charge is 0.697 e. The number of hydrogen-bond acceptors (Lipinski definition) is 5. The highest BCUT2D eigenvalue weighted by Gasteiger charge is 2.30. The van der Waals surface area contributed by atoms with Crippen molar-refractivity contribution < 1.29 is 13.6 Å². The van der Waals surface area contributed by atoms with Crippen molar-refractivity contribution in [3.8, 4) is 12.1 Å². The molecule has 0 heterocycles. The lowest BCUT2D eigenvalue weighted by Gasteiger charge is -2.10. The topological polar surface area (TPSA) is 83.1 Å². The average molecular weight is 243 g/mol. The van der Waals surface area contributed by atoms with Crippen LogP contribution in [0.4, 0.5) is 0 Å². The van der Waals surface area contributed by atoms with E-state index >= 15 is 0 Å². The van der Waals surface area contributed by atoms with Crippen LogP contribution in [-0.4, -0.2) is 13.2 Å². The monoisotopic (exact) mass is 243 g/mol. The zero-order chi connectivity index (χ0) is 12.8. The van der Waals surface area contributed by atoms with E-state index in [-0.39, 0.29) is 13.2 Å². The summed E-state index contributed by atoms with van der Waals surface area (Å²) in [4.78, 5) is 0. The van der Waals surface area contributed by atoms with Gasteiger partial charge in [-0.25, -0.2) is 0 Å². The minimum atomic E-state index is -2.27. The Labute approximate surface area is 96.9 Å². The van der Waals surface area contributed by atoms with Crippen LogP contribution >= 0.6 is 8.25 Å². The Morgan fingerprint density at radius 2 is 1.31 bits per heavy atom. The molecule has 0 saturated heterocycles. The van der Waals surface area contributed by atoms with Gasteiger partial charge in [-0.1, -0.05) is 0 Å². The first-order valence-electron chi connectivity index (χ1n) is 4.78. The van der Waals surface area contributed by atoms with E-state index in [4.69, 9.17) is 19.6 Å². The second-order valence-electron chi connectivity index (χ2n) is 4.76. The summed E-state index contributed by atoms with van der Waals surface area (Å²) in [5, 5.41) is 17.4. The van der Waals surface area contributed by atoms with Crippen molar-refractivity contribution in [1.82, 2.24) is 0 Å². The van der Waals surface area contributed by atoms with Crippen molar-refractivity contribution in [1.29, 1.82) is 10.5 Å². The smallest absolute Gasteiger partial charge is 0.198 e. The summed E-state index contributed by atoms with van der Waals surface area (Å²) in [6, 6.07) is 4.04. The molecule has 0 rings (SSSR count). The van der Waals surface area contributed by atoms with Crippen LogP contribution in [0.15, 0.2) is 0 Å². The highest BCUT2D eigenvalue weighted by Crippen LogP contribution is 2.30. The molecule has 0 aliphatic heterocycles. The van der Waals surface area contributed by atoms with Crippen molar-refractivity contribution in [3.63, 3.8) is 0 Å². The highest BCUT2D eigenvalue weighted by molar-refractivity contribution is 7.33. The summed E-state index contributed by atoms with van der Waals surface area (Å²) in [6.45, 7) is 6.77. The van der Waals surface area contributed by atoms with E-state index in [9.17, 15) is 4.57 Å². The van der Waals surface area contributed by atoms with E-state index in [1.165, 1.54) is 0 Å². The molecule has 0 unspecified atom stereocenters. The fraction of sp³-hybridized carbons (Fsp3) is 0.800. The highest BCUT2D eigenvalue weighted by atomic mass is 31.1. The van der Waals surface area contributed by atoms with Gasteiger partial charge in [-0.15, -0.1) is 9.05 Å². The van der Waals surface area contributed by atoms with E-state index in [0.29, 0.717) is 0 Å². The second kappa shape index (κ2) is 5.92. The van der Waals surface area contributed by atoms with Gasteiger partial charge in [0.05, 0.1) is 23.0 Å². The van der Waals surface area contributed by atoms with Crippen LogP contribution in [0, 0.1) is 33.5 Å². The van der Waals surface area contributed by atoms with Crippen LogP contribution in [0.3, 0.4) is 0 Å². The molecule has 0 aromatic heterocycles. The summed E-state index contributed by atoms with van der Waals surface area (Å²) >= 11 is 0. The molecule has 0 bridgehead atoms. The zero-order valence-corrected chi connectivity index (χ0v) is 10.9. The van der Waals surface area contributed by atoms with Crippen LogP contribution in [-0.2, 0) is 13.6 Å². The molecule has 0 atom stereocenters. The summed E-state index contributed by atoms with van der Waals surface area (Å²) in [5.74, 6) is 0. The maximum atomic E-state index is 11.3. The molecule has 0 aromatic rings. The van der Waals surface area contributed by atoms with Crippen molar-refractivity contribution in [2.75, 3.05) is 13.2 Å². The molecular formula is C10H16N2O3P+. The Hall–Kier alpha value is -1.00. The molecule has 88 valence electrons. The minimum Gasteiger partial charge on any atom is -0.198 e. The first kappa shape index (κ1) is 15.0. The molecule has 0 aliphatic rings. The Morgan fingerprint density at radius 1 is 1.00 bits per heavy atom. The third-order valence-corrected chi connectivity index (χ3v) is 2.35. The molecule has 0 radical (unpaired) electrons. The fourth-order valence-electron chi connectivity index (χ4n) is 0.530. The third kappa shape index (κ3) is 6.48. The second-order valence-corrected chi connectivity index (χ2v) is 5.73. The van der Waals surface area contributed by atoms with Crippen LogP contribution < -0.4 is 0 Å². The maximum Gasteiger partial charge on any atom is 0.697 e. The van der Waals surface area contributed by atoms with Gasteiger partial charge in [-0.2, -0.15) is 10.5 Å². The quantitative estimate of drug-likeness (QED) is 0.670. The van der Waals surface area contributed by atoms with Crippen molar-refractivity contribution in [3.05, 3.63) is 0 Å². The van der Waals surface area contributed by atoms with Gasteiger partial charge in [0, 0.05) is 4.57 Å². The van der Waals surface area contributed by atoms with Crippen molar-refractivity contribution >= 4 is 8.25 Å². The lowest BCUT2D eigenvalue weighted by molar-refractivity contribution is 0.159. The van der Waals surface area contributed by atoms with E-state index in [2.05, 4.69) is 0 Å². The van der Waals surface area contributed by atoms with Crippen LogP contribution in [0.25, 0.3) is 0 Å². The van der Waals surface area contributed by atoms with E-state index < -0.39 is 19.1 Å². The predicted molar refractivity (Wildman–Crippen MR) is 58.3 cm³/mol. The molecule has 0 aliphatic carbocycles. The molecule has 6 heteroatoms. The van der Waals surface area contributed by atoms with Gasteiger partial charge >= 0.3 is 8.25 Å². The summed E-state index contributed by atoms with van der Waals surface area (Å²) in [6.07, 6.45) is 0. The lowest BCUT2D eigenvalue weighted by Crippen LogP contribution is -2.17. The van der Waals surface area contributed by atoms with Gasteiger partial charge in [0.25, 0.3) is 0 Å². The number of hydrogen-bond donors (Lipinski definition) is 0. The van der Waals surface area contributed by atoms with Gasteiger partial charge in [-0.05, 0) is 27.7 Å². The lowest BCUT2D eigenvalue weighted by atomic mass is 9.98. The molecular weight excluding hydrogens is 227 g/mol. The molecule has 0 aromatic carbocycles. The van der Waals surface area contributed by atoms with Gasteiger partial charge in [0.15, 0.2) is 0 Å². The fourth-order valence-corrected chi connectivity index (χ4v) is 1.46. The van der Waals surface area contributed by atoms with Gasteiger partial charge in [0.2, 0.25) is 0 Å². The Kier molecular flexibility index (Phi) is 5.55. The van der Waals surface area contributed by atoms with Gasteiger partial charge in [0.1, 0.15) is 13.2 Å². The molecule has 0 amide bonds. The summed E-state index contributed by atoms with van der Waals surface area (Å²) in [7, 11) is -2.27. The van der Waals surface area contributed by atoms with Gasteiger partial charge in [-0.3, -0.25) is 0 Å². The molecule has 0 N–H and O–H groups in total. The number of nitrogens with zero attached hydrogens (tertiary/aromatic N) is 2. The first-order valence-corrected chi connectivity index (χ1v) is 5.87. The summed E-state index contributed by atoms with van der Waals surface area (Å²) < 4.78 is 21.0. The standard InChI is InChI=1S/C10H16N2O3P/c1-9(2,5-11)7-14-16(13)15-8-10(3,4)6-12/h7-8H2,1-4H3/q+1. The van der Waals surface area contributed by atoms with Crippen LogP contribution in [0.5, 0.6) is 0 Å². The van der Waals surface area contributed by atoms with E-state index in [1.807, 2.05) is 12.1 Å². The first-order chi connectivity index (χ1) is 7.22. The van der Waals surface area contributed by atoms with E-state index in [0.717, 1.165) is 0 Å². The Bertz CT molecular complexity index is 307. The zero-order valence-electron chi connectivity index (χ0n) is 9.98. The van der Waals surface area contributed by atoms with Crippen molar-refractivity contribution in [2.24, 2.45) is 10.8 Å². The number of rotatable bonds is 6. The molecule has 16 heavy (non-hydrogen) atoms. The Balaban J connectivity index is 3.96. The van der Waals surface area contributed by atoms with Crippen molar-refractivity contribution in [2.45, 2.75) is 27.7 Å². The normalized spacial score (nSPS) is 11.6. The number of nitriles is 2. The predicted octanol–water partition coefficient (Wildman–Crippen LogP) is 2.78. The van der Waals surface area contributed by atoms with Crippen LogP contribution in [0.1, 0.15) is 27.7 Å². The van der Waals surface area contributed by atoms with E-state index in [1.54, 1.807) is 27.7 Å². The minimum absolute atomic E-state index is 0.0334. The van der Waals surface area contributed by atoms with Crippen LogP contribution in [0.2, 0.25) is 0 Å².